The molecular weight excluding hydrogens is 280 g/mol. The molecule has 0 spiro atoms. The van der Waals surface area contributed by atoms with Gasteiger partial charge in [-0.05, 0) is 25.5 Å². The fourth-order valence-electron chi connectivity index (χ4n) is 2.96. The molecule has 1 N–H and O–H groups in total. The maximum atomic E-state index is 6.02. The predicted molar refractivity (Wildman–Crippen MR) is 91.1 cm³/mol. The lowest BCUT2D eigenvalue weighted by atomic mass is 10.1. The van der Waals surface area contributed by atoms with Gasteiger partial charge in [-0.3, -0.25) is 0 Å². The first-order chi connectivity index (χ1) is 10.3. The summed E-state index contributed by atoms with van der Waals surface area (Å²) in [4.78, 5) is 2.54. The zero-order chi connectivity index (χ0) is 14.7. The number of hydrogen-bond acceptors (Lipinski definition) is 4. The first-order valence-corrected chi connectivity index (χ1v) is 8.92. The van der Waals surface area contributed by atoms with E-state index < -0.39 is 0 Å². The van der Waals surface area contributed by atoms with Crippen molar-refractivity contribution in [3.05, 3.63) is 35.6 Å². The Balaban J connectivity index is 1.58. The number of thioether (sulfide) groups is 1. The van der Waals surface area contributed by atoms with Crippen molar-refractivity contribution in [1.82, 2.24) is 10.2 Å². The molecule has 2 heterocycles. The van der Waals surface area contributed by atoms with Crippen LogP contribution in [0.4, 0.5) is 0 Å². The second kappa shape index (κ2) is 6.86. The minimum Gasteiger partial charge on any atom is -0.459 e. The Bertz CT molecular complexity index is 589. The largest absolute Gasteiger partial charge is 0.459 e. The van der Waals surface area contributed by atoms with Crippen molar-refractivity contribution >= 4 is 22.7 Å². The molecule has 0 bridgehead atoms. The van der Waals surface area contributed by atoms with Crippen LogP contribution in [0, 0.1) is 6.92 Å². The number of hydrogen-bond donors (Lipinski definition) is 1. The van der Waals surface area contributed by atoms with Crippen LogP contribution >= 0.6 is 11.8 Å². The SMILES string of the molecule is Cc1c(C(C)NCCN2CCSCC2)oc2ccccc12. The van der Waals surface area contributed by atoms with Crippen molar-refractivity contribution in [2.24, 2.45) is 0 Å². The van der Waals surface area contributed by atoms with Crippen LogP contribution in [0.3, 0.4) is 0 Å². The molecule has 21 heavy (non-hydrogen) atoms. The second-order valence-corrected chi connectivity index (χ2v) is 6.94. The van der Waals surface area contributed by atoms with Crippen molar-refractivity contribution in [1.29, 1.82) is 0 Å². The topological polar surface area (TPSA) is 28.4 Å². The molecule has 1 unspecified atom stereocenters. The van der Waals surface area contributed by atoms with E-state index >= 15 is 0 Å². The van der Waals surface area contributed by atoms with Gasteiger partial charge in [0.05, 0.1) is 6.04 Å². The fraction of sp³-hybridized carbons (Fsp3) is 0.529. The van der Waals surface area contributed by atoms with Crippen LogP contribution in [0.15, 0.2) is 28.7 Å². The van der Waals surface area contributed by atoms with E-state index in [1.165, 1.54) is 35.5 Å². The first kappa shape index (κ1) is 14.9. The average molecular weight is 304 g/mol. The van der Waals surface area contributed by atoms with E-state index in [4.69, 9.17) is 4.42 Å². The molecule has 3 nitrogen and oxygen atoms in total. The average Bonchev–Trinajstić information content (AvgIpc) is 2.86. The summed E-state index contributed by atoms with van der Waals surface area (Å²) in [5.74, 6) is 3.63. The summed E-state index contributed by atoms with van der Waals surface area (Å²) < 4.78 is 6.02. The van der Waals surface area contributed by atoms with Crippen molar-refractivity contribution < 1.29 is 4.42 Å². The molecule has 0 saturated carbocycles. The lowest BCUT2D eigenvalue weighted by molar-refractivity contribution is 0.293. The lowest BCUT2D eigenvalue weighted by Gasteiger charge is -2.26. The fourth-order valence-corrected chi connectivity index (χ4v) is 3.94. The van der Waals surface area contributed by atoms with Crippen LogP contribution < -0.4 is 5.32 Å². The quantitative estimate of drug-likeness (QED) is 0.916. The molecule has 1 saturated heterocycles. The summed E-state index contributed by atoms with van der Waals surface area (Å²) in [5.41, 5.74) is 2.26. The number of aryl methyl sites for hydroxylation is 1. The maximum Gasteiger partial charge on any atom is 0.134 e. The Labute approximate surface area is 131 Å². The molecule has 0 aliphatic carbocycles. The number of nitrogens with zero attached hydrogens (tertiary/aromatic N) is 1. The molecule has 114 valence electrons. The molecule has 1 aliphatic heterocycles. The van der Waals surface area contributed by atoms with Crippen molar-refractivity contribution in [3.8, 4) is 0 Å². The molecule has 1 aromatic carbocycles. The molecular formula is C17H24N2OS. The summed E-state index contributed by atoms with van der Waals surface area (Å²) in [6.45, 7) is 8.94. The van der Waals surface area contributed by atoms with E-state index in [0.29, 0.717) is 0 Å². The third-order valence-electron chi connectivity index (χ3n) is 4.26. The van der Waals surface area contributed by atoms with Gasteiger partial charge in [0.15, 0.2) is 0 Å². The van der Waals surface area contributed by atoms with Gasteiger partial charge >= 0.3 is 0 Å². The minimum absolute atomic E-state index is 0.261. The number of benzene rings is 1. The van der Waals surface area contributed by atoms with E-state index in [1.54, 1.807) is 0 Å². The number of para-hydroxylation sites is 1. The summed E-state index contributed by atoms with van der Waals surface area (Å²) in [6.07, 6.45) is 0. The van der Waals surface area contributed by atoms with Gasteiger partial charge < -0.3 is 14.6 Å². The van der Waals surface area contributed by atoms with Gasteiger partial charge in [0.1, 0.15) is 11.3 Å². The summed E-state index contributed by atoms with van der Waals surface area (Å²) in [7, 11) is 0. The molecule has 1 atom stereocenters. The van der Waals surface area contributed by atoms with Gasteiger partial charge in [0, 0.05) is 43.1 Å². The second-order valence-electron chi connectivity index (χ2n) is 5.72. The number of nitrogens with one attached hydrogen (secondary N) is 1. The zero-order valence-electron chi connectivity index (χ0n) is 12.9. The monoisotopic (exact) mass is 304 g/mol. The molecule has 2 aromatic rings. The van der Waals surface area contributed by atoms with Crippen LogP contribution in [0.1, 0.15) is 24.3 Å². The summed E-state index contributed by atoms with van der Waals surface area (Å²) in [6, 6.07) is 8.54. The van der Waals surface area contributed by atoms with Gasteiger partial charge in [0.2, 0.25) is 0 Å². The Morgan fingerprint density at radius 3 is 2.81 bits per heavy atom. The van der Waals surface area contributed by atoms with Gasteiger partial charge in [-0.25, -0.2) is 0 Å². The van der Waals surface area contributed by atoms with E-state index in [2.05, 4.69) is 48.0 Å². The molecule has 4 heteroatoms. The van der Waals surface area contributed by atoms with Crippen molar-refractivity contribution in [2.45, 2.75) is 19.9 Å². The van der Waals surface area contributed by atoms with E-state index in [1.807, 2.05) is 12.1 Å². The van der Waals surface area contributed by atoms with Gasteiger partial charge in [-0.15, -0.1) is 0 Å². The van der Waals surface area contributed by atoms with Crippen LogP contribution in [0.25, 0.3) is 11.0 Å². The van der Waals surface area contributed by atoms with E-state index in [0.717, 1.165) is 24.4 Å². The first-order valence-electron chi connectivity index (χ1n) is 7.77. The molecule has 1 aliphatic rings. The highest BCUT2D eigenvalue weighted by Gasteiger charge is 2.16. The van der Waals surface area contributed by atoms with E-state index in [9.17, 15) is 0 Å². The summed E-state index contributed by atoms with van der Waals surface area (Å²) in [5, 5.41) is 4.84. The van der Waals surface area contributed by atoms with Crippen LogP contribution in [-0.4, -0.2) is 42.6 Å². The molecule has 0 radical (unpaired) electrons. The number of rotatable bonds is 5. The Morgan fingerprint density at radius 1 is 1.29 bits per heavy atom. The van der Waals surface area contributed by atoms with E-state index in [-0.39, 0.29) is 6.04 Å². The summed E-state index contributed by atoms with van der Waals surface area (Å²) >= 11 is 2.06. The predicted octanol–water partition coefficient (Wildman–Crippen LogP) is 3.44. The smallest absolute Gasteiger partial charge is 0.134 e. The van der Waals surface area contributed by atoms with Crippen molar-refractivity contribution in [3.63, 3.8) is 0 Å². The standard InChI is InChI=1S/C17H24N2OS/c1-13-15-5-3-4-6-16(15)20-17(13)14(2)18-7-8-19-9-11-21-12-10-19/h3-6,14,18H,7-12H2,1-2H3. The highest BCUT2D eigenvalue weighted by molar-refractivity contribution is 7.99. The van der Waals surface area contributed by atoms with Gasteiger partial charge in [0.25, 0.3) is 0 Å². The Morgan fingerprint density at radius 2 is 2.05 bits per heavy atom. The highest BCUT2D eigenvalue weighted by atomic mass is 32.2. The number of fused-ring (bicyclic) bond motifs is 1. The zero-order valence-corrected chi connectivity index (χ0v) is 13.7. The molecule has 0 amide bonds. The third-order valence-corrected chi connectivity index (χ3v) is 5.20. The lowest BCUT2D eigenvalue weighted by Crippen LogP contribution is -2.38. The Kier molecular flexibility index (Phi) is 4.88. The molecule has 1 fully saturated rings. The number of furan rings is 1. The highest BCUT2D eigenvalue weighted by Crippen LogP contribution is 2.28. The van der Waals surface area contributed by atoms with Gasteiger partial charge in [-0.1, -0.05) is 18.2 Å². The van der Waals surface area contributed by atoms with Crippen LogP contribution in [-0.2, 0) is 0 Å². The van der Waals surface area contributed by atoms with Crippen LogP contribution in [0.2, 0.25) is 0 Å². The maximum absolute atomic E-state index is 6.02. The van der Waals surface area contributed by atoms with Crippen molar-refractivity contribution in [2.75, 3.05) is 37.7 Å². The molecule has 3 rings (SSSR count). The molecule has 1 aromatic heterocycles. The van der Waals surface area contributed by atoms with Gasteiger partial charge in [-0.2, -0.15) is 11.8 Å². The van der Waals surface area contributed by atoms with Crippen LogP contribution in [0.5, 0.6) is 0 Å². The third kappa shape index (κ3) is 3.44. The Hall–Kier alpha value is -0.970. The minimum atomic E-state index is 0.261. The normalized spacial score (nSPS) is 18.2.